The van der Waals surface area contributed by atoms with Crippen molar-refractivity contribution in [3.05, 3.63) is 24.3 Å². The highest BCUT2D eigenvalue weighted by Crippen LogP contribution is 2.20. The van der Waals surface area contributed by atoms with Crippen molar-refractivity contribution in [2.24, 2.45) is 16.5 Å². The van der Waals surface area contributed by atoms with Gasteiger partial charge in [-0.25, -0.2) is 4.99 Å². The molecule has 0 aliphatic rings. The zero-order valence-electron chi connectivity index (χ0n) is 8.40. The second-order valence-corrected chi connectivity index (χ2v) is 3.20. The Morgan fingerprint density at radius 3 is 2.64 bits per heavy atom. The number of rotatable bonds is 3. The second-order valence-electron chi connectivity index (χ2n) is 3.20. The van der Waals surface area contributed by atoms with E-state index in [1.165, 1.54) is 0 Å². The molecule has 1 aromatic carbocycles. The Bertz CT molecular complexity index is 330. The first-order valence-electron chi connectivity index (χ1n) is 4.44. The zero-order valence-corrected chi connectivity index (χ0v) is 8.40. The number of guanidine groups is 1. The summed E-state index contributed by atoms with van der Waals surface area (Å²) >= 11 is 0. The molecule has 4 N–H and O–H groups in total. The predicted molar refractivity (Wildman–Crippen MR) is 57.7 cm³/mol. The summed E-state index contributed by atoms with van der Waals surface area (Å²) in [7, 11) is 0. The molecule has 0 spiro atoms. The van der Waals surface area contributed by atoms with E-state index >= 15 is 0 Å². The van der Waals surface area contributed by atoms with E-state index < -0.39 is 0 Å². The van der Waals surface area contributed by atoms with Gasteiger partial charge in [0.05, 0.1) is 11.8 Å². The van der Waals surface area contributed by atoms with Gasteiger partial charge in [-0.05, 0) is 26.0 Å². The lowest BCUT2D eigenvalue weighted by atomic mass is 10.3. The molecule has 1 aromatic rings. The average molecular weight is 193 g/mol. The second kappa shape index (κ2) is 4.50. The van der Waals surface area contributed by atoms with Crippen molar-refractivity contribution in [3.8, 4) is 5.75 Å². The van der Waals surface area contributed by atoms with Crippen molar-refractivity contribution < 1.29 is 4.74 Å². The van der Waals surface area contributed by atoms with Crippen LogP contribution in [0.1, 0.15) is 13.8 Å². The summed E-state index contributed by atoms with van der Waals surface area (Å²) in [5.41, 5.74) is 11.2. The molecule has 0 unspecified atom stereocenters. The standard InChI is InChI=1S/C10H15N3O/c1-7(2)14-9-5-3-4-8(6-9)13-10(11)12/h3-7H,1-2H3,(H4,11,12,13). The van der Waals surface area contributed by atoms with Crippen LogP contribution in [0.25, 0.3) is 0 Å². The molecule has 0 radical (unpaired) electrons. The Balaban J connectivity index is 2.84. The van der Waals surface area contributed by atoms with Crippen LogP contribution in [-0.4, -0.2) is 12.1 Å². The molecule has 0 atom stereocenters. The Labute approximate surface area is 83.6 Å². The van der Waals surface area contributed by atoms with Crippen LogP contribution >= 0.6 is 0 Å². The summed E-state index contributed by atoms with van der Waals surface area (Å²) in [5.74, 6) is 0.814. The van der Waals surface area contributed by atoms with Crippen LogP contribution in [-0.2, 0) is 0 Å². The SMILES string of the molecule is CC(C)Oc1cccc(N=C(N)N)c1. The van der Waals surface area contributed by atoms with Gasteiger partial charge in [-0.15, -0.1) is 0 Å². The highest BCUT2D eigenvalue weighted by atomic mass is 16.5. The third-order valence-corrected chi connectivity index (χ3v) is 1.45. The quantitative estimate of drug-likeness (QED) is 0.562. The molecule has 0 aliphatic heterocycles. The van der Waals surface area contributed by atoms with Crippen LogP contribution < -0.4 is 16.2 Å². The minimum absolute atomic E-state index is 0.0479. The summed E-state index contributed by atoms with van der Waals surface area (Å²) in [6.45, 7) is 3.93. The summed E-state index contributed by atoms with van der Waals surface area (Å²) in [5, 5.41) is 0. The van der Waals surface area contributed by atoms with Crippen LogP contribution in [0.3, 0.4) is 0 Å². The predicted octanol–water partition coefficient (Wildman–Crippen LogP) is 1.38. The van der Waals surface area contributed by atoms with Crippen molar-refractivity contribution in [2.75, 3.05) is 0 Å². The topological polar surface area (TPSA) is 73.6 Å². The third kappa shape index (κ3) is 3.35. The van der Waals surface area contributed by atoms with Gasteiger partial charge in [-0.3, -0.25) is 0 Å². The summed E-state index contributed by atoms with van der Waals surface area (Å²) in [4.78, 5) is 3.92. The summed E-state index contributed by atoms with van der Waals surface area (Å²) in [6, 6.07) is 7.32. The van der Waals surface area contributed by atoms with Gasteiger partial charge in [-0.1, -0.05) is 6.07 Å². The Morgan fingerprint density at radius 1 is 1.36 bits per heavy atom. The first-order chi connectivity index (χ1) is 6.58. The van der Waals surface area contributed by atoms with Crippen LogP contribution in [0.2, 0.25) is 0 Å². The van der Waals surface area contributed by atoms with E-state index in [1.54, 1.807) is 6.07 Å². The molecule has 0 aromatic heterocycles. The maximum atomic E-state index is 5.49. The zero-order chi connectivity index (χ0) is 10.6. The monoisotopic (exact) mass is 193 g/mol. The lowest BCUT2D eigenvalue weighted by molar-refractivity contribution is 0.242. The number of nitrogens with two attached hydrogens (primary N) is 2. The maximum absolute atomic E-state index is 5.49. The average Bonchev–Trinajstić information content (AvgIpc) is 2.01. The van der Waals surface area contributed by atoms with Crippen molar-refractivity contribution in [3.63, 3.8) is 0 Å². The van der Waals surface area contributed by atoms with Crippen LogP contribution in [0, 0.1) is 0 Å². The number of hydrogen-bond acceptors (Lipinski definition) is 2. The molecule has 4 nitrogen and oxygen atoms in total. The Hall–Kier alpha value is -1.71. The van der Waals surface area contributed by atoms with Gasteiger partial charge in [0, 0.05) is 6.07 Å². The van der Waals surface area contributed by atoms with Gasteiger partial charge in [0.2, 0.25) is 0 Å². The number of nitrogens with zero attached hydrogens (tertiary/aromatic N) is 1. The molecule has 0 bridgehead atoms. The molecule has 0 heterocycles. The van der Waals surface area contributed by atoms with Crippen LogP contribution in [0.15, 0.2) is 29.3 Å². The smallest absolute Gasteiger partial charge is 0.191 e. The fraction of sp³-hybridized carbons (Fsp3) is 0.300. The van der Waals surface area contributed by atoms with E-state index in [4.69, 9.17) is 16.2 Å². The largest absolute Gasteiger partial charge is 0.491 e. The third-order valence-electron chi connectivity index (χ3n) is 1.45. The molecule has 76 valence electrons. The molecule has 0 saturated heterocycles. The van der Waals surface area contributed by atoms with Gasteiger partial charge in [0.1, 0.15) is 5.75 Å². The van der Waals surface area contributed by atoms with Crippen molar-refractivity contribution in [1.82, 2.24) is 0 Å². The lowest BCUT2D eigenvalue weighted by Crippen LogP contribution is -2.21. The number of hydrogen-bond donors (Lipinski definition) is 2. The summed E-state index contributed by atoms with van der Waals surface area (Å²) < 4.78 is 5.49. The molecule has 4 heteroatoms. The first-order valence-corrected chi connectivity index (χ1v) is 4.44. The van der Waals surface area contributed by atoms with E-state index in [-0.39, 0.29) is 12.1 Å². The molecule has 14 heavy (non-hydrogen) atoms. The highest BCUT2D eigenvalue weighted by Gasteiger charge is 1.98. The molecule has 0 saturated carbocycles. The van der Waals surface area contributed by atoms with Crippen LogP contribution in [0.4, 0.5) is 5.69 Å². The molecular formula is C10H15N3O. The molecule has 1 rings (SSSR count). The number of ether oxygens (including phenoxy) is 1. The molecule has 0 fully saturated rings. The Kier molecular flexibility index (Phi) is 3.34. The van der Waals surface area contributed by atoms with Gasteiger partial charge >= 0.3 is 0 Å². The van der Waals surface area contributed by atoms with E-state index in [9.17, 15) is 0 Å². The van der Waals surface area contributed by atoms with E-state index in [0.717, 1.165) is 5.75 Å². The van der Waals surface area contributed by atoms with E-state index in [1.807, 2.05) is 32.0 Å². The van der Waals surface area contributed by atoms with Gasteiger partial charge in [0.25, 0.3) is 0 Å². The maximum Gasteiger partial charge on any atom is 0.191 e. The normalized spacial score (nSPS) is 9.93. The van der Waals surface area contributed by atoms with E-state index in [2.05, 4.69) is 4.99 Å². The Morgan fingerprint density at radius 2 is 2.07 bits per heavy atom. The molecular weight excluding hydrogens is 178 g/mol. The van der Waals surface area contributed by atoms with Crippen molar-refractivity contribution in [2.45, 2.75) is 20.0 Å². The molecule has 0 aliphatic carbocycles. The number of benzene rings is 1. The lowest BCUT2D eigenvalue weighted by Gasteiger charge is -2.09. The van der Waals surface area contributed by atoms with Crippen molar-refractivity contribution in [1.29, 1.82) is 0 Å². The first kappa shape index (κ1) is 10.4. The van der Waals surface area contributed by atoms with Crippen LogP contribution in [0.5, 0.6) is 5.75 Å². The highest BCUT2D eigenvalue weighted by molar-refractivity contribution is 5.79. The minimum Gasteiger partial charge on any atom is -0.491 e. The molecule has 0 amide bonds. The fourth-order valence-corrected chi connectivity index (χ4v) is 1.05. The van der Waals surface area contributed by atoms with E-state index in [0.29, 0.717) is 5.69 Å². The van der Waals surface area contributed by atoms with Gasteiger partial charge in [0.15, 0.2) is 5.96 Å². The van der Waals surface area contributed by atoms with Gasteiger partial charge in [-0.2, -0.15) is 0 Å². The van der Waals surface area contributed by atoms with Gasteiger partial charge < -0.3 is 16.2 Å². The minimum atomic E-state index is 0.0479. The fourth-order valence-electron chi connectivity index (χ4n) is 1.05. The summed E-state index contributed by atoms with van der Waals surface area (Å²) in [6.07, 6.45) is 0.143. The van der Waals surface area contributed by atoms with Crippen molar-refractivity contribution >= 4 is 11.6 Å². The number of aliphatic imine (C=N–C) groups is 1.